The molecule has 0 radical (unpaired) electrons. The Labute approximate surface area is 111 Å². The summed E-state index contributed by atoms with van der Waals surface area (Å²) in [5.41, 5.74) is 2.60. The Kier molecular flexibility index (Phi) is 3.87. The summed E-state index contributed by atoms with van der Waals surface area (Å²) in [6, 6.07) is 15.2. The van der Waals surface area contributed by atoms with Gasteiger partial charge in [0.25, 0.3) is 0 Å². The van der Waals surface area contributed by atoms with E-state index in [1.807, 2.05) is 42.5 Å². The molecule has 0 unspecified atom stereocenters. The highest BCUT2D eigenvalue weighted by Gasteiger charge is 2.07. The van der Waals surface area contributed by atoms with Crippen LogP contribution in [0.25, 0.3) is 11.1 Å². The van der Waals surface area contributed by atoms with Crippen molar-refractivity contribution in [3.63, 3.8) is 0 Å². The molecular formula is C14H11ClOS. The molecule has 0 aliphatic heterocycles. The monoisotopic (exact) mass is 262 g/mol. The fourth-order valence-corrected chi connectivity index (χ4v) is 2.06. The third-order valence-electron chi connectivity index (χ3n) is 2.47. The van der Waals surface area contributed by atoms with Gasteiger partial charge in [0, 0.05) is 10.6 Å². The van der Waals surface area contributed by atoms with Crippen molar-refractivity contribution in [3.8, 4) is 11.1 Å². The van der Waals surface area contributed by atoms with Crippen LogP contribution in [0.3, 0.4) is 0 Å². The first kappa shape index (κ1) is 12.2. The Hall–Kier alpha value is -1.25. The molecule has 0 aliphatic carbocycles. The molecule has 0 aliphatic rings. The predicted molar refractivity (Wildman–Crippen MR) is 75.1 cm³/mol. The molecule has 2 aromatic rings. The number of hydrogen-bond donors (Lipinski definition) is 1. The molecule has 0 aromatic heterocycles. The number of Topliss-reactive ketones (excluding diaryl/α,β-unsaturated/α-hetero) is 1. The van der Waals surface area contributed by atoms with Crippen LogP contribution in [0.5, 0.6) is 0 Å². The number of carbonyl (C=O) groups excluding carboxylic acids is 1. The summed E-state index contributed by atoms with van der Waals surface area (Å²) in [7, 11) is 0. The molecule has 86 valence electrons. The summed E-state index contributed by atoms with van der Waals surface area (Å²) in [6.07, 6.45) is 0. The minimum atomic E-state index is -0.0204. The highest BCUT2D eigenvalue weighted by Crippen LogP contribution is 2.25. The highest BCUT2D eigenvalue weighted by molar-refractivity contribution is 7.81. The highest BCUT2D eigenvalue weighted by atomic mass is 35.5. The van der Waals surface area contributed by atoms with Gasteiger partial charge in [0.2, 0.25) is 0 Å². The lowest BCUT2D eigenvalue weighted by atomic mass is 10.0. The van der Waals surface area contributed by atoms with E-state index >= 15 is 0 Å². The van der Waals surface area contributed by atoms with Crippen molar-refractivity contribution in [1.82, 2.24) is 0 Å². The maximum atomic E-state index is 11.6. The minimum Gasteiger partial charge on any atom is -0.293 e. The second-order valence-corrected chi connectivity index (χ2v) is 4.43. The largest absolute Gasteiger partial charge is 0.293 e. The third-order valence-corrected chi connectivity index (χ3v) is 2.98. The number of thiol groups is 1. The van der Waals surface area contributed by atoms with Gasteiger partial charge in [-0.3, -0.25) is 4.79 Å². The van der Waals surface area contributed by atoms with Crippen molar-refractivity contribution in [2.24, 2.45) is 0 Å². The Morgan fingerprint density at radius 2 is 1.76 bits per heavy atom. The topological polar surface area (TPSA) is 17.1 Å². The lowest BCUT2D eigenvalue weighted by Crippen LogP contribution is -2.00. The van der Waals surface area contributed by atoms with Crippen LogP contribution in [0, 0.1) is 0 Å². The Balaban J connectivity index is 2.49. The fourth-order valence-electron chi connectivity index (χ4n) is 1.64. The smallest absolute Gasteiger partial charge is 0.172 e. The van der Waals surface area contributed by atoms with E-state index in [1.54, 1.807) is 6.07 Å². The van der Waals surface area contributed by atoms with Gasteiger partial charge in [-0.2, -0.15) is 12.6 Å². The molecule has 1 nitrogen and oxygen atoms in total. The van der Waals surface area contributed by atoms with Crippen molar-refractivity contribution in [3.05, 3.63) is 59.1 Å². The first-order chi connectivity index (χ1) is 8.20. The third kappa shape index (κ3) is 2.90. The number of benzene rings is 2. The van der Waals surface area contributed by atoms with E-state index < -0.39 is 0 Å². The van der Waals surface area contributed by atoms with Crippen molar-refractivity contribution in [1.29, 1.82) is 0 Å². The zero-order chi connectivity index (χ0) is 12.3. The van der Waals surface area contributed by atoms with Crippen LogP contribution in [0.1, 0.15) is 10.4 Å². The molecule has 0 N–H and O–H groups in total. The lowest BCUT2D eigenvalue weighted by Gasteiger charge is -2.05. The van der Waals surface area contributed by atoms with Crippen LogP contribution in [0.4, 0.5) is 0 Å². The average Bonchev–Trinajstić information content (AvgIpc) is 2.38. The van der Waals surface area contributed by atoms with Crippen molar-refractivity contribution in [2.45, 2.75) is 0 Å². The molecule has 0 bridgehead atoms. The van der Waals surface area contributed by atoms with Crippen molar-refractivity contribution in [2.75, 3.05) is 5.75 Å². The van der Waals surface area contributed by atoms with Gasteiger partial charge in [-0.15, -0.1) is 0 Å². The normalized spacial score (nSPS) is 10.2. The molecule has 3 heteroatoms. The van der Waals surface area contributed by atoms with E-state index in [0.29, 0.717) is 10.6 Å². The predicted octanol–water partition coefficient (Wildman–Crippen LogP) is 4.12. The van der Waals surface area contributed by atoms with Gasteiger partial charge < -0.3 is 0 Å². The van der Waals surface area contributed by atoms with Crippen molar-refractivity contribution >= 4 is 30.0 Å². The van der Waals surface area contributed by atoms with E-state index in [0.717, 1.165) is 11.1 Å². The zero-order valence-corrected chi connectivity index (χ0v) is 10.7. The summed E-state index contributed by atoms with van der Waals surface area (Å²) in [5, 5.41) is 0.566. The quantitative estimate of drug-likeness (QED) is 0.650. The Bertz CT molecular complexity index is 537. The maximum absolute atomic E-state index is 11.6. The first-order valence-corrected chi connectivity index (χ1v) is 6.22. The van der Waals surface area contributed by atoms with Crippen LogP contribution in [-0.2, 0) is 0 Å². The van der Waals surface area contributed by atoms with Gasteiger partial charge in [0.05, 0.1) is 5.75 Å². The van der Waals surface area contributed by atoms with Gasteiger partial charge in [-0.25, -0.2) is 0 Å². The van der Waals surface area contributed by atoms with Gasteiger partial charge in [-0.1, -0.05) is 41.9 Å². The molecule has 0 amide bonds. The van der Waals surface area contributed by atoms with Crippen LogP contribution in [-0.4, -0.2) is 11.5 Å². The van der Waals surface area contributed by atoms with Crippen LogP contribution in [0.15, 0.2) is 48.5 Å². The van der Waals surface area contributed by atoms with Gasteiger partial charge >= 0.3 is 0 Å². The maximum Gasteiger partial charge on any atom is 0.172 e. The zero-order valence-electron chi connectivity index (χ0n) is 9.06. The summed E-state index contributed by atoms with van der Waals surface area (Å²) >= 11 is 10.0. The Morgan fingerprint density at radius 1 is 1.06 bits per heavy atom. The molecule has 0 saturated heterocycles. The molecule has 0 atom stereocenters. The van der Waals surface area contributed by atoms with Gasteiger partial charge in [0.15, 0.2) is 5.78 Å². The molecule has 0 saturated carbocycles. The standard InChI is InChI=1S/C14H11ClOS/c15-13-7-11(10-4-2-1-3-5-10)6-12(8-13)14(16)9-17/h1-8,17H,9H2. The van der Waals surface area contributed by atoms with E-state index in [4.69, 9.17) is 11.6 Å². The molecule has 0 heterocycles. The molecule has 0 spiro atoms. The second kappa shape index (κ2) is 5.39. The average molecular weight is 263 g/mol. The number of carbonyl (C=O) groups is 1. The van der Waals surface area contributed by atoms with Crippen LogP contribution >= 0.6 is 24.2 Å². The van der Waals surface area contributed by atoms with Gasteiger partial charge in [0.1, 0.15) is 0 Å². The van der Waals surface area contributed by atoms with E-state index in [2.05, 4.69) is 12.6 Å². The molecule has 17 heavy (non-hydrogen) atoms. The number of ketones is 1. The SMILES string of the molecule is O=C(CS)c1cc(Cl)cc(-c2ccccc2)c1. The van der Waals surface area contributed by atoms with Crippen molar-refractivity contribution < 1.29 is 4.79 Å². The molecular weight excluding hydrogens is 252 g/mol. The minimum absolute atomic E-state index is 0.0204. The summed E-state index contributed by atoms with van der Waals surface area (Å²) < 4.78 is 0. The molecule has 2 rings (SSSR count). The second-order valence-electron chi connectivity index (χ2n) is 3.68. The van der Waals surface area contributed by atoms with E-state index in [1.165, 1.54) is 0 Å². The van der Waals surface area contributed by atoms with E-state index in [9.17, 15) is 4.79 Å². The van der Waals surface area contributed by atoms with Gasteiger partial charge in [-0.05, 0) is 29.3 Å². The lowest BCUT2D eigenvalue weighted by molar-refractivity contribution is 0.102. The number of hydrogen-bond acceptors (Lipinski definition) is 2. The number of halogens is 1. The summed E-state index contributed by atoms with van der Waals surface area (Å²) in [6.45, 7) is 0. The summed E-state index contributed by atoms with van der Waals surface area (Å²) in [4.78, 5) is 11.6. The molecule has 2 aromatic carbocycles. The van der Waals surface area contributed by atoms with E-state index in [-0.39, 0.29) is 11.5 Å². The first-order valence-electron chi connectivity index (χ1n) is 5.21. The Morgan fingerprint density at radius 3 is 2.41 bits per heavy atom. The van der Waals surface area contributed by atoms with Crippen LogP contribution < -0.4 is 0 Å². The molecule has 0 fully saturated rings. The fraction of sp³-hybridized carbons (Fsp3) is 0.0714. The summed E-state index contributed by atoms with van der Waals surface area (Å²) in [5.74, 6) is 0.169. The van der Waals surface area contributed by atoms with Crippen LogP contribution in [0.2, 0.25) is 5.02 Å². The number of rotatable bonds is 3.